The fraction of sp³-hybridized carbons (Fsp3) is 0.238. The molecule has 0 saturated heterocycles. The molecule has 1 aliphatic rings. The molecule has 1 aromatic heterocycles. The normalized spacial score (nSPS) is 15.1. The minimum atomic E-state index is -1.07. The molecule has 1 aliphatic carbocycles. The summed E-state index contributed by atoms with van der Waals surface area (Å²) in [7, 11) is 0. The van der Waals surface area contributed by atoms with Crippen LogP contribution in [0.15, 0.2) is 48.8 Å². The topological polar surface area (TPSA) is 107 Å². The summed E-state index contributed by atoms with van der Waals surface area (Å²) in [5.41, 5.74) is 13.1. The molecule has 3 aromatic rings. The van der Waals surface area contributed by atoms with E-state index >= 15 is 4.39 Å². The second-order valence-electron chi connectivity index (χ2n) is 6.92. The molecule has 0 bridgehead atoms. The first kappa shape index (κ1) is 18.3. The van der Waals surface area contributed by atoms with Crippen molar-refractivity contribution >= 4 is 5.82 Å². The number of halogens is 1. The van der Waals surface area contributed by atoms with Crippen molar-refractivity contribution in [3.05, 3.63) is 65.7 Å². The number of hydrogen-bond acceptors (Lipinski definition) is 6. The maximum atomic E-state index is 15.4. The van der Waals surface area contributed by atoms with E-state index < -0.39 is 12.0 Å². The lowest BCUT2D eigenvalue weighted by Crippen LogP contribution is -2.11. The van der Waals surface area contributed by atoms with Gasteiger partial charge in [-0.25, -0.2) is 9.37 Å². The van der Waals surface area contributed by atoms with Crippen LogP contribution in [-0.4, -0.2) is 15.1 Å². The van der Waals surface area contributed by atoms with E-state index in [0.717, 1.165) is 24.8 Å². The Balaban J connectivity index is 1.74. The van der Waals surface area contributed by atoms with Gasteiger partial charge in [0.1, 0.15) is 17.8 Å². The van der Waals surface area contributed by atoms with Crippen LogP contribution < -0.4 is 16.2 Å². The third-order valence-electron chi connectivity index (χ3n) is 5.06. The van der Waals surface area contributed by atoms with Crippen LogP contribution in [0.25, 0.3) is 11.3 Å². The molecule has 7 heteroatoms. The molecule has 0 spiro atoms. The highest BCUT2D eigenvalue weighted by Crippen LogP contribution is 2.45. The Bertz CT molecular complexity index is 971. The molecule has 1 atom stereocenters. The molecule has 0 radical (unpaired) electrons. The maximum Gasteiger partial charge on any atom is 0.175 e. The number of nitrogens with two attached hydrogens (primary N) is 2. The molecule has 0 aliphatic heterocycles. The first-order valence-corrected chi connectivity index (χ1v) is 9.14. The van der Waals surface area contributed by atoms with Crippen LogP contribution in [0.5, 0.6) is 11.5 Å². The standard InChI is InChI=1S/C21H21FN4O2/c22-19-16(17-10-26-18(23)11-25-17)9-8-15(12-2-1-3-12)20(19)28-14-6-4-13(5-7-14)21(24)27/h4-12,21,27H,1-3,24H2,(H2,23,26). The van der Waals surface area contributed by atoms with Gasteiger partial charge < -0.3 is 21.3 Å². The second-order valence-corrected chi connectivity index (χ2v) is 6.92. The van der Waals surface area contributed by atoms with E-state index in [1.807, 2.05) is 6.07 Å². The highest BCUT2D eigenvalue weighted by atomic mass is 19.1. The summed E-state index contributed by atoms with van der Waals surface area (Å²) in [4.78, 5) is 8.17. The zero-order valence-corrected chi connectivity index (χ0v) is 15.2. The average Bonchev–Trinajstić information content (AvgIpc) is 2.64. The highest BCUT2D eigenvalue weighted by molar-refractivity contribution is 5.64. The molecule has 5 N–H and O–H groups in total. The quantitative estimate of drug-likeness (QED) is 0.580. The van der Waals surface area contributed by atoms with Crippen molar-refractivity contribution in [2.24, 2.45) is 5.73 Å². The van der Waals surface area contributed by atoms with Crippen LogP contribution in [0.3, 0.4) is 0 Å². The predicted octanol–water partition coefficient (Wildman–Crippen LogP) is 3.87. The number of ether oxygens (including phenoxy) is 1. The molecule has 1 saturated carbocycles. The van der Waals surface area contributed by atoms with Crippen LogP contribution in [0.1, 0.15) is 42.5 Å². The van der Waals surface area contributed by atoms with Gasteiger partial charge in [0.25, 0.3) is 0 Å². The molecule has 28 heavy (non-hydrogen) atoms. The van der Waals surface area contributed by atoms with Gasteiger partial charge in [0.05, 0.1) is 18.1 Å². The predicted molar refractivity (Wildman–Crippen MR) is 104 cm³/mol. The van der Waals surface area contributed by atoms with E-state index in [4.69, 9.17) is 16.2 Å². The van der Waals surface area contributed by atoms with Gasteiger partial charge >= 0.3 is 0 Å². The molecule has 144 valence electrons. The smallest absolute Gasteiger partial charge is 0.175 e. The summed E-state index contributed by atoms with van der Waals surface area (Å²) in [6, 6.07) is 10.2. The van der Waals surface area contributed by atoms with Gasteiger partial charge in [0, 0.05) is 11.1 Å². The number of anilines is 1. The van der Waals surface area contributed by atoms with E-state index in [0.29, 0.717) is 22.6 Å². The monoisotopic (exact) mass is 380 g/mol. The zero-order valence-electron chi connectivity index (χ0n) is 15.2. The first-order valence-electron chi connectivity index (χ1n) is 9.14. The van der Waals surface area contributed by atoms with Gasteiger partial charge in [-0.2, -0.15) is 0 Å². The van der Waals surface area contributed by atoms with Gasteiger partial charge in [-0.3, -0.25) is 4.98 Å². The Hall–Kier alpha value is -3.03. The Morgan fingerprint density at radius 1 is 1.07 bits per heavy atom. The average molecular weight is 380 g/mol. The lowest BCUT2D eigenvalue weighted by molar-refractivity contribution is 0.186. The van der Waals surface area contributed by atoms with Gasteiger partial charge in [-0.05, 0) is 42.5 Å². The summed E-state index contributed by atoms with van der Waals surface area (Å²) >= 11 is 0. The number of nitrogens with zero attached hydrogens (tertiary/aromatic N) is 2. The van der Waals surface area contributed by atoms with Crippen molar-refractivity contribution in [1.82, 2.24) is 9.97 Å². The Morgan fingerprint density at radius 2 is 1.82 bits per heavy atom. The van der Waals surface area contributed by atoms with Gasteiger partial charge in [-0.15, -0.1) is 0 Å². The third-order valence-corrected chi connectivity index (χ3v) is 5.06. The van der Waals surface area contributed by atoms with E-state index in [1.54, 1.807) is 30.3 Å². The van der Waals surface area contributed by atoms with Crippen molar-refractivity contribution < 1.29 is 14.2 Å². The van der Waals surface area contributed by atoms with E-state index in [2.05, 4.69) is 9.97 Å². The summed E-state index contributed by atoms with van der Waals surface area (Å²) < 4.78 is 21.4. The lowest BCUT2D eigenvalue weighted by Gasteiger charge is -2.28. The van der Waals surface area contributed by atoms with Crippen LogP contribution in [0, 0.1) is 5.82 Å². The van der Waals surface area contributed by atoms with Crippen LogP contribution in [-0.2, 0) is 0 Å². The fourth-order valence-electron chi connectivity index (χ4n) is 3.24. The van der Waals surface area contributed by atoms with E-state index in [1.165, 1.54) is 12.4 Å². The van der Waals surface area contributed by atoms with Crippen molar-refractivity contribution in [2.45, 2.75) is 31.4 Å². The molecule has 6 nitrogen and oxygen atoms in total. The number of rotatable bonds is 5. The summed E-state index contributed by atoms with van der Waals surface area (Å²) in [6.45, 7) is 0. The van der Waals surface area contributed by atoms with Crippen molar-refractivity contribution in [3.8, 4) is 22.8 Å². The van der Waals surface area contributed by atoms with Crippen LogP contribution in [0.2, 0.25) is 0 Å². The highest BCUT2D eigenvalue weighted by Gasteiger charge is 2.27. The summed E-state index contributed by atoms with van der Waals surface area (Å²) in [6.07, 6.45) is 4.91. The third kappa shape index (κ3) is 3.54. The SMILES string of the molecule is Nc1cnc(-c2ccc(C3CCC3)c(Oc3ccc(C(N)O)cc3)c2F)cn1. The van der Waals surface area contributed by atoms with Gasteiger partial charge in [0.15, 0.2) is 11.6 Å². The van der Waals surface area contributed by atoms with E-state index in [-0.39, 0.29) is 17.5 Å². The number of benzene rings is 2. The molecule has 4 rings (SSSR count). The largest absolute Gasteiger partial charge is 0.454 e. The molecule has 0 amide bonds. The number of aliphatic hydroxyl groups excluding tert-OH is 1. The Kier molecular flexibility index (Phi) is 4.93. The van der Waals surface area contributed by atoms with Crippen LogP contribution >= 0.6 is 0 Å². The second kappa shape index (κ2) is 7.53. The number of aromatic nitrogens is 2. The summed E-state index contributed by atoms with van der Waals surface area (Å²) in [5.74, 6) is 0.729. The fourth-order valence-corrected chi connectivity index (χ4v) is 3.24. The molecular formula is C21H21FN4O2. The summed E-state index contributed by atoms with van der Waals surface area (Å²) in [5, 5.41) is 9.44. The van der Waals surface area contributed by atoms with Crippen molar-refractivity contribution in [1.29, 1.82) is 0 Å². The zero-order chi connectivity index (χ0) is 19.7. The minimum Gasteiger partial charge on any atom is -0.454 e. The molecule has 2 aromatic carbocycles. The first-order chi connectivity index (χ1) is 13.5. The number of aliphatic hydroxyl groups is 1. The van der Waals surface area contributed by atoms with Crippen LogP contribution in [0.4, 0.5) is 10.2 Å². The molecular weight excluding hydrogens is 359 g/mol. The number of nitrogen functional groups attached to an aromatic ring is 1. The molecule has 1 fully saturated rings. The Morgan fingerprint density at radius 3 is 2.39 bits per heavy atom. The van der Waals surface area contributed by atoms with Crippen molar-refractivity contribution in [3.63, 3.8) is 0 Å². The lowest BCUT2D eigenvalue weighted by atomic mass is 9.79. The van der Waals surface area contributed by atoms with Gasteiger partial charge in [0.2, 0.25) is 0 Å². The molecule has 1 unspecified atom stereocenters. The minimum absolute atomic E-state index is 0.196. The molecule has 1 heterocycles. The maximum absolute atomic E-state index is 15.4. The Labute approximate surface area is 162 Å². The van der Waals surface area contributed by atoms with Crippen molar-refractivity contribution in [2.75, 3.05) is 5.73 Å². The van der Waals surface area contributed by atoms with E-state index in [9.17, 15) is 5.11 Å². The number of hydrogen-bond donors (Lipinski definition) is 3. The van der Waals surface area contributed by atoms with Gasteiger partial charge in [-0.1, -0.05) is 24.6 Å².